The summed E-state index contributed by atoms with van der Waals surface area (Å²) in [5.74, 6) is -3.05. The number of halogens is 3. The van der Waals surface area contributed by atoms with E-state index in [-0.39, 0.29) is 60.9 Å². The fourth-order valence-electron chi connectivity index (χ4n) is 9.09. The zero-order valence-corrected chi connectivity index (χ0v) is 37.9. The fraction of sp³-hybridized carbons (Fsp3) is 0.451. The Kier molecular flexibility index (Phi) is 15.5. The third-order valence-electron chi connectivity index (χ3n) is 12.9. The van der Waals surface area contributed by atoms with Crippen molar-refractivity contribution in [2.75, 3.05) is 27.3 Å². The van der Waals surface area contributed by atoms with E-state index in [2.05, 4.69) is 0 Å². The standard InChI is InChI=1S/C51H58F3N3O8/c1-31(2)39(29-47(60)64-5)49(62)55-25-7-9-43(55)45(58)27-33-11-15-35(16-12-33)41-23-24-42(57(41)38-21-19-37(20-22-38)51(52,53)54)36-17-13-34(14-18-36)28-46(59)44-10-8-26-56(44)50(63)40(32(3)4)30-48(61)65-6/h11-24,31-32,39-40,43-44H,7-10,25-30H2,1-6H3/t39-,40-,43-,44-/m0/s1. The van der Waals surface area contributed by atoms with E-state index in [0.717, 1.165) is 34.4 Å². The van der Waals surface area contributed by atoms with Crippen molar-refractivity contribution in [3.8, 4) is 28.2 Å². The number of esters is 2. The SMILES string of the molecule is COC(=O)C[C@H](C(=O)N1CCC[C@H]1C(=O)Cc1ccc(-c2ccc(-c3ccc(CC(=O)[C@@H]4CCCN4C(=O)[C@@H](CC(=O)OC)C(C)C)cc3)n2-c2ccc(C(F)(F)F)cc2)cc1)C(C)C. The lowest BCUT2D eigenvalue weighted by atomic mass is 9.90. The molecule has 0 radical (unpaired) electrons. The van der Waals surface area contributed by atoms with Crippen molar-refractivity contribution < 1.29 is 51.4 Å². The average molecular weight is 898 g/mol. The molecule has 0 spiro atoms. The molecule has 2 aliphatic heterocycles. The van der Waals surface area contributed by atoms with Gasteiger partial charge in [-0.15, -0.1) is 0 Å². The third-order valence-corrected chi connectivity index (χ3v) is 12.9. The Morgan fingerprint density at radius 3 is 1.31 bits per heavy atom. The summed E-state index contributed by atoms with van der Waals surface area (Å²) >= 11 is 0. The van der Waals surface area contributed by atoms with E-state index in [1.807, 2.05) is 92.9 Å². The van der Waals surface area contributed by atoms with E-state index in [1.54, 1.807) is 9.80 Å². The van der Waals surface area contributed by atoms with Crippen LogP contribution in [0.1, 0.15) is 82.9 Å². The fourth-order valence-corrected chi connectivity index (χ4v) is 9.09. The van der Waals surface area contributed by atoms with Gasteiger partial charge in [0.05, 0.1) is 67.9 Å². The first-order valence-electron chi connectivity index (χ1n) is 22.3. The Hall–Kier alpha value is -6.05. The summed E-state index contributed by atoms with van der Waals surface area (Å²) in [5.41, 5.74) is 4.04. The van der Waals surface area contributed by atoms with Gasteiger partial charge in [0.15, 0.2) is 11.6 Å². The summed E-state index contributed by atoms with van der Waals surface area (Å²) in [7, 11) is 2.57. The van der Waals surface area contributed by atoms with Crippen LogP contribution >= 0.6 is 0 Å². The number of aromatic nitrogens is 1. The van der Waals surface area contributed by atoms with Gasteiger partial charge in [-0.3, -0.25) is 28.8 Å². The van der Waals surface area contributed by atoms with Crippen LogP contribution in [0, 0.1) is 23.7 Å². The maximum atomic E-state index is 13.7. The number of alkyl halides is 3. The Bertz CT molecular complexity index is 2220. The quantitative estimate of drug-likeness (QED) is 0.0963. The minimum atomic E-state index is -4.52. The number of Topliss-reactive ketones (excluding diaryl/α,β-unsaturated/α-hetero) is 2. The molecule has 1 aromatic heterocycles. The first-order chi connectivity index (χ1) is 30.9. The van der Waals surface area contributed by atoms with Crippen LogP contribution in [0.3, 0.4) is 0 Å². The van der Waals surface area contributed by atoms with Gasteiger partial charge in [0.1, 0.15) is 0 Å². The molecule has 0 bridgehead atoms. The smallest absolute Gasteiger partial charge is 0.416 e. The number of ether oxygens (including phenoxy) is 2. The zero-order valence-electron chi connectivity index (χ0n) is 37.9. The maximum absolute atomic E-state index is 13.7. The van der Waals surface area contributed by atoms with Crippen LogP contribution in [0.5, 0.6) is 0 Å². The highest BCUT2D eigenvalue weighted by Crippen LogP contribution is 2.36. The molecule has 2 amide bonds. The lowest BCUT2D eigenvalue weighted by Gasteiger charge is -2.29. The van der Waals surface area contributed by atoms with Crippen molar-refractivity contribution in [1.29, 1.82) is 0 Å². The lowest BCUT2D eigenvalue weighted by Crippen LogP contribution is -2.45. The van der Waals surface area contributed by atoms with E-state index >= 15 is 0 Å². The van der Waals surface area contributed by atoms with Gasteiger partial charge >= 0.3 is 18.1 Å². The van der Waals surface area contributed by atoms with Gasteiger partial charge in [-0.25, -0.2) is 0 Å². The highest BCUT2D eigenvalue weighted by atomic mass is 19.4. The van der Waals surface area contributed by atoms with Gasteiger partial charge in [-0.1, -0.05) is 76.2 Å². The van der Waals surface area contributed by atoms with Crippen molar-refractivity contribution in [2.45, 2.75) is 97.3 Å². The molecule has 2 fully saturated rings. The van der Waals surface area contributed by atoms with E-state index < -0.39 is 47.6 Å². The third kappa shape index (κ3) is 11.3. The lowest BCUT2D eigenvalue weighted by molar-refractivity contribution is -0.149. The van der Waals surface area contributed by atoms with Crippen molar-refractivity contribution in [1.82, 2.24) is 14.4 Å². The number of hydrogen-bond donors (Lipinski definition) is 0. The Labute approximate surface area is 378 Å². The highest BCUT2D eigenvalue weighted by molar-refractivity contribution is 5.94. The molecule has 346 valence electrons. The summed E-state index contributed by atoms with van der Waals surface area (Å²) in [6.45, 7) is 8.35. The van der Waals surface area contributed by atoms with E-state index in [1.165, 1.54) is 26.4 Å². The number of carbonyl (C=O) groups excluding carboxylic acids is 6. The minimum Gasteiger partial charge on any atom is -0.469 e. The van der Waals surface area contributed by atoms with Crippen LogP contribution in [0.4, 0.5) is 13.2 Å². The number of nitrogens with zero attached hydrogens (tertiary/aromatic N) is 3. The molecule has 0 aliphatic carbocycles. The number of methoxy groups -OCH3 is 2. The first-order valence-corrected chi connectivity index (χ1v) is 22.3. The molecule has 14 heteroatoms. The summed E-state index contributed by atoms with van der Waals surface area (Å²) in [4.78, 5) is 82.0. The number of likely N-dealkylation sites (tertiary alicyclic amines) is 2. The van der Waals surface area contributed by atoms with Crippen LogP contribution in [0.15, 0.2) is 84.9 Å². The largest absolute Gasteiger partial charge is 0.469 e. The van der Waals surface area contributed by atoms with E-state index in [0.29, 0.717) is 55.8 Å². The Morgan fingerprint density at radius 1 is 0.585 bits per heavy atom. The van der Waals surface area contributed by atoms with Gasteiger partial charge in [-0.05, 0) is 96.2 Å². The molecule has 0 N–H and O–H groups in total. The maximum Gasteiger partial charge on any atom is 0.416 e. The van der Waals surface area contributed by atoms with Crippen molar-refractivity contribution in [3.63, 3.8) is 0 Å². The number of hydrogen-bond acceptors (Lipinski definition) is 8. The molecular formula is C51H58F3N3O8. The number of ketones is 2. The molecule has 4 atom stereocenters. The minimum absolute atomic E-state index is 0.0562. The molecule has 0 unspecified atom stereocenters. The molecule has 2 saturated heterocycles. The molecule has 3 aromatic carbocycles. The summed E-state index contributed by atoms with van der Waals surface area (Å²) in [5, 5.41) is 0. The van der Waals surface area contributed by atoms with Crippen LogP contribution < -0.4 is 0 Å². The zero-order chi connectivity index (χ0) is 47.2. The van der Waals surface area contributed by atoms with Crippen molar-refractivity contribution in [3.05, 3.63) is 102 Å². The molecule has 11 nitrogen and oxygen atoms in total. The molecule has 2 aliphatic rings. The van der Waals surface area contributed by atoms with Gasteiger partial charge in [0, 0.05) is 31.6 Å². The van der Waals surface area contributed by atoms with Crippen LogP contribution in [-0.4, -0.2) is 89.1 Å². The predicted molar refractivity (Wildman–Crippen MR) is 238 cm³/mol. The second kappa shape index (κ2) is 20.8. The molecule has 0 saturated carbocycles. The highest BCUT2D eigenvalue weighted by Gasteiger charge is 2.40. The number of rotatable bonds is 17. The van der Waals surface area contributed by atoms with Gasteiger partial charge in [0.25, 0.3) is 0 Å². The van der Waals surface area contributed by atoms with Gasteiger partial charge < -0.3 is 23.8 Å². The number of amides is 2. The number of benzene rings is 3. The van der Waals surface area contributed by atoms with Crippen LogP contribution in [-0.2, 0) is 57.3 Å². The summed E-state index contributed by atoms with van der Waals surface area (Å²) < 4.78 is 52.5. The first kappa shape index (κ1) is 48.4. The predicted octanol–water partition coefficient (Wildman–Crippen LogP) is 8.71. The Balaban J connectivity index is 1.22. The second-order valence-corrected chi connectivity index (χ2v) is 17.8. The van der Waals surface area contributed by atoms with Crippen LogP contribution in [0.2, 0.25) is 0 Å². The molecule has 65 heavy (non-hydrogen) atoms. The summed E-state index contributed by atoms with van der Waals surface area (Å²) in [6, 6.07) is 22.2. The number of carbonyl (C=O) groups is 6. The van der Waals surface area contributed by atoms with Gasteiger partial charge in [-0.2, -0.15) is 13.2 Å². The van der Waals surface area contributed by atoms with Crippen molar-refractivity contribution in [2.24, 2.45) is 23.7 Å². The molecule has 4 aromatic rings. The second-order valence-electron chi connectivity index (χ2n) is 17.8. The normalized spacial score (nSPS) is 17.3. The van der Waals surface area contributed by atoms with Crippen LogP contribution in [0.25, 0.3) is 28.2 Å². The van der Waals surface area contributed by atoms with Crippen molar-refractivity contribution >= 4 is 35.3 Å². The molecular weight excluding hydrogens is 840 g/mol. The molecule has 3 heterocycles. The molecule has 6 rings (SSSR count). The average Bonchev–Trinajstić information content (AvgIpc) is 4.08. The monoisotopic (exact) mass is 897 g/mol. The van der Waals surface area contributed by atoms with E-state index in [4.69, 9.17) is 9.47 Å². The van der Waals surface area contributed by atoms with E-state index in [9.17, 15) is 41.9 Å². The topological polar surface area (TPSA) is 132 Å². The van der Waals surface area contributed by atoms with Gasteiger partial charge in [0.2, 0.25) is 11.8 Å². The summed E-state index contributed by atoms with van der Waals surface area (Å²) in [6.07, 6.45) is -2.05. The Morgan fingerprint density at radius 2 is 0.969 bits per heavy atom.